The first kappa shape index (κ1) is 24.6. The minimum atomic E-state index is 0. The van der Waals surface area contributed by atoms with Gasteiger partial charge in [-0.25, -0.2) is 0 Å². The summed E-state index contributed by atoms with van der Waals surface area (Å²) in [6.07, 6.45) is 2.00. The first-order valence-corrected chi connectivity index (χ1v) is 10.1. The molecule has 0 bridgehead atoms. The summed E-state index contributed by atoms with van der Waals surface area (Å²) in [6.45, 7) is 4.05. The third-order valence-electron chi connectivity index (χ3n) is 4.50. The van der Waals surface area contributed by atoms with Crippen LogP contribution in [-0.2, 0) is 12.8 Å². The molecule has 1 aromatic carbocycles. The second kappa shape index (κ2) is 12.9. The van der Waals surface area contributed by atoms with Crippen molar-refractivity contribution in [3.8, 4) is 11.5 Å². The van der Waals surface area contributed by atoms with Gasteiger partial charge in [0.2, 0.25) is 0 Å². The lowest BCUT2D eigenvalue weighted by Crippen LogP contribution is -2.41. The van der Waals surface area contributed by atoms with E-state index in [4.69, 9.17) is 9.47 Å². The number of benzene rings is 1. The van der Waals surface area contributed by atoms with Crippen LogP contribution < -0.4 is 14.8 Å². The van der Waals surface area contributed by atoms with Gasteiger partial charge in [-0.2, -0.15) is 0 Å². The van der Waals surface area contributed by atoms with Gasteiger partial charge < -0.3 is 19.7 Å². The molecule has 0 saturated carbocycles. The molecule has 0 aliphatic rings. The first-order valence-electron chi connectivity index (χ1n) is 9.22. The van der Waals surface area contributed by atoms with Crippen LogP contribution in [0.3, 0.4) is 0 Å². The smallest absolute Gasteiger partial charge is 0.193 e. The molecule has 0 amide bonds. The summed E-state index contributed by atoms with van der Waals surface area (Å²) in [5.74, 6) is 3.00. The van der Waals surface area contributed by atoms with Gasteiger partial charge in [-0.05, 0) is 47.9 Å². The topological polar surface area (TPSA) is 46.1 Å². The molecule has 0 saturated heterocycles. The third-order valence-corrected chi connectivity index (χ3v) is 5.39. The predicted molar refractivity (Wildman–Crippen MR) is 130 cm³/mol. The number of likely N-dealkylation sites (N-methyl/N-ethyl adjacent to an activating group) is 1. The number of guanidine groups is 1. The van der Waals surface area contributed by atoms with Crippen molar-refractivity contribution in [3.63, 3.8) is 0 Å². The summed E-state index contributed by atoms with van der Waals surface area (Å²) in [6, 6.07) is 10.4. The molecule has 0 aliphatic heterocycles. The maximum absolute atomic E-state index is 5.39. The molecule has 1 aromatic heterocycles. The van der Waals surface area contributed by atoms with E-state index in [2.05, 4.69) is 52.8 Å². The fraction of sp³-hybridized carbons (Fsp3) is 0.476. The number of halogens is 1. The van der Waals surface area contributed by atoms with Crippen LogP contribution >= 0.6 is 35.3 Å². The van der Waals surface area contributed by atoms with E-state index in [0.29, 0.717) is 5.92 Å². The Kier molecular flexibility index (Phi) is 11.3. The van der Waals surface area contributed by atoms with Gasteiger partial charge in [-0.3, -0.25) is 4.99 Å². The van der Waals surface area contributed by atoms with Crippen LogP contribution in [0.25, 0.3) is 0 Å². The second-order valence-corrected chi connectivity index (χ2v) is 7.71. The molecule has 0 spiro atoms. The normalized spacial score (nSPS) is 12.1. The Labute approximate surface area is 190 Å². The monoisotopic (exact) mass is 517 g/mol. The maximum Gasteiger partial charge on any atom is 0.193 e. The van der Waals surface area contributed by atoms with Crippen LogP contribution in [0, 0.1) is 5.92 Å². The Bertz CT molecular complexity index is 722. The van der Waals surface area contributed by atoms with Gasteiger partial charge in [0.1, 0.15) is 0 Å². The zero-order valence-corrected chi connectivity index (χ0v) is 20.5. The number of ether oxygens (including phenoxy) is 2. The number of nitrogens with one attached hydrogen (secondary N) is 1. The van der Waals surface area contributed by atoms with Crippen molar-refractivity contribution in [1.82, 2.24) is 10.2 Å². The highest BCUT2D eigenvalue weighted by Gasteiger charge is 2.10. The maximum atomic E-state index is 5.39. The zero-order valence-electron chi connectivity index (χ0n) is 17.4. The molecule has 1 unspecified atom stereocenters. The molecular formula is C21H32IN3O2S. The Morgan fingerprint density at radius 3 is 2.57 bits per heavy atom. The van der Waals surface area contributed by atoms with Crippen LogP contribution in [0.4, 0.5) is 0 Å². The van der Waals surface area contributed by atoms with E-state index in [-0.39, 0.29) is 24.0 Å². The van der Waals surface area contributed by atoms with E-state index in [0.717, 1.165) is 43.4 Å². The molecule has 1 heterocycles. The molecule has 1 N–H and O–H groups in total. The highest BCUT2D eigenvalue weighted by Crippen LogP contribution is 2.27. The van der Waals surface area contributed by atoms with Crippen molar-refractivity contribution in [2.45, 2.75) is 19.8 Å². The Hall–Kier alpha value is -1.48. The molecule has 0 radical (unpaired) electrons. The number of nitrogens with zero attached hydrogens (tertiary/aromatic N) is 2. The van der Waals surface area contributed by atoms with Gasteiger partial charge >= 0.3 is 0 Å². The number of rotatable bonds is 9. The Morgan fingerprint density at radius 2 is 1.96 bits per heavy atom. The molecule has 1 atom stereocenters. The fourth-order valence-corrected chi connectivity index (χ4v) is 3.80. The van der Waals surface area contributed by atoms with Crippen molar-refractivity contribution < 1.29 is 9.47 Å². The van der Waals surface area contributed by atoms with Gasteiger partial charge in [0.25, 0.3) is 0 Å². The van der Waals surface area contributed by atoms with E-state index in [1.54, 1.807) is 14.2 Å². The summed E-state index contributed by atoms with van der Waals surface area (Å²) in [7, 11) is 7.22. The lowest BCUT2D eigenvalue weighted by atomic mass is 10.1. The zero-order chi connectivity index (χ0) is 19.6. The lowest BCUT2D eigenvalue weighted by Gasteiger charge is -2.23. The van der Waals surface area contributed by atoms with Crippen LogP contribution in [0.1, 0.15) is 17.4 Å². The number of thiophene rings is 1. The van der Waals surface area contributed by atoms with Crippen LogP contribution in [-0.4, -0.2) is 52.3 Å². The molecule has 0 aliphatic carbocycles. The average Bonchev–Trinajstić information content (AvgIpc) is 3.19. The van der Waals surface area contributed by atoms with Crippen molar-refractivity contribution in [2.24, 2.45) is 10.9 Å². The summed E-state index contributed by atoms with van der Waals surface area (Å²) in [5.41, 5.74) is 1.21. The average molecular weight is 517 g/mol. The number of hydrogen-bond donors (Lipinski definition) is 1. The third kappa shape index (κ3) is 7.50. The molecule has 2 rings (SSSR count). The molecule has 2 aromatic rings. The molecule has 0 fully saturated rings. The summed E-state index contributed by atoms with van der Waals surface area (Å²) in [4.78, 5) is 8.01. The summed E-state index contributed by atoms with van der Waals surface area (Å²) < 4.78 is 10.7. The molecule has 28 heavy (non-hydrogen) atoms. The summed E-state index contributed by atoms with van der Waals surface area (Å²) >= 11 is 1.82. The van der Waals surface area contributed by atoms with E-state index >= 15 is 0 Å². The van der Waals surface area contributed by atoms with Gasteiger partial charge in [-0.1, -0.05) is 19.1 Å². The van der Waals surface area contributed by atoms with Crippen molar-refractivity contribution in [3.05, 3.63) is 46.2 Å². The van der Waals surface area contributed by atoms with Crippen molar-refractivity contribution in [1.29, 1.82) is 0 Å². The standard InChI is InChI=1S/C21H31N3O2S.HI/c1-16(13-18-7-6-12-27-18)15-23-21(22-2)24(3)11-10-17-8-9-19(25-4)20(14-17)26-5;/h6-9,12,14,16H,10-11,13,15H2,1-5H3,(H,22,23);1H. The van der Waals surface area contributed by atoms with Crippen LogP contribution in [0.5, 0.6) is 11.5 Å². The Balaban J connectivity index is 0.00000392. The van der Waals surface area contributed by atoms with E-state index in [9.17, 15) is 0 Å². The fourth-order valence-electron chi connectivity index (χ4n) is 2.93. The van der Waals surface area contributed by atoms with Crippen molar-refractivity contribution >= 4 is 41.3 Å². The predicted octanol–water partition coefficient (Wildman–Crippen LogP) is 4.31. The van der Waals surface area contributed by atoms with Gasteiger partial charge in [0.15, 0.2) is 17.5 Å². The Morgan fingerprint density at radius 1 is 1.21 bits per heavy atom. The van der Waals surface area contributed by atoms with E-state index in [1.807, 2.05) is 30.5 Å². The first-order chi connectivity index (χ1) is 13.1. The number of aliphatic imine (C=N–C) groups is 1. The highest BCUT2D eigenvalue weighted by atomic mass is 127. The van der Waals surface area contributed by atoms with Gasteiger partial charge in [-0.15, -0.1) is 35.3 Å². The van der Waals surface area contributed by atoms with E-state index < -0.39 is 0 Å². The number of hydrogen-bond acceptors (Lipinski definition) is 4. The highest BCUT2D eigenvalue weighted by molar-refractivity contribution is 14.0. The molecule has 5 nitrogen and oxygen atoms in total. The van der Waals surface area contributed by atoms with Crippen molar-refractivity contribution in [2.75, 3.05) is 41.4 Å². The largest absolute Gasteiger partial charge is 0.493 e. The van der Waals surface area contributed by atoms with Crippen LogP contribution in [0.15, 0.2) is 40.7 Å². The quantitative estimate of drug-likeness (QED) is 0.306. The van der Waals surface area contributed by atoms with E-state index in [1.165, 1.54) is 10.4 Å². The molecule has 156 valence electrons. The summed E-state index contributed by atoms with van der Waals surface area (Å²) in [5, 5.41) is 5.63. The minimum Gasteiger partial charge on any atom is -0.493 e. The SMILES string of the molecule is CN=C(NCC(C)Cc1cccs1)N(C)CCc1ccc(OC)c(OC)c1.I. The molecular weight excluding hydrogens is 485 g/mol. The second-order valence-electron chi connectivity index (χ2n) is 6.68. The van der Waals surface area contributed by atoms with Gasteiger partial charge in [0.05, 0.1) is 14.2 Å². The molecule has 7 heteroatoms. The van der Waals surface area contributed by atoms with Crippen LogP contribution in [0.2, 0.25) is 0 Å². The van der Waals surface area contributed by atoms with Gasteiger partial charge in [0, 0.05) is 32.1 Å². The minimum absolute atomic E-state index is 0. The lowest BCUT2D eigenvalue weighted by molar-refractivity contribution is 0.354. The number of methoxy groups -OCH3 is 2.